The predicted molar refractivity (Wildman–Crippen MR) is 43.7 cm³/mol. The van der Waals surface area contributed by atoms with E-state index in [1.807, 2.05) is 0 Å². The third kappa shape index (κ3) is 3.75. The summed E-state index contributed by atoms with van der Waals surface area (Å²) in [6.45, 7) is 6.58. The molecule has 0 saturated heterocycles. The molecule has 0 radical (unpaired) electrons. The van der Waals surface area contributed by atoms with E-state index in [0.29, 0.717) is 0 Å². The van der Waals surface area contributed by atoms with Crippen LogP contribution < -0.4 is 0 Å². The van der Waals surface area contributed by atoms with E-state index in [1.165, 1.54) is 12.2 Å². The minimum absolute atomic E-state index is 0.169. The molecule has 0 fully saturated rings. The molecule has 0 aliphatic carbocycles. The maximum absolute atomic E-state index is 9.08. The van der Waals surface area contributed by atoms with Gasteiger partial charge in [-0.3, -0.25) is 0 Å². The predicted octanol–water partition coefficient (Wildman–Crippen LogP) is 0.634. The summed E-state index contributed by atoms with van der Waals surface area (Å²) in [6.07, 6.45) is 2.22. The maximum atomic E-state index is 9.08. The summed E-state index contributed by atoms with van der Waals surface area (Å²) in [5.74, 6) is 0. The van der Waals surface area contributed by atoms with E-state index >= 15 is 0 Å². The molecular formula is C6H13O3P. The summed E-state index contributed by atoms with van der Waals surface area (Å²) in [5.41, 5.74) is 0. The molecule has 0 aliphatic rings. The molecule has 0 heterocycles. The molecule has 0 bridgehead atoms. The van der Waals surface area contributed by atoms with Crippen molar-refractivity contribution < 1.29 is 14.7 Å². The van der Waals surface area contributed by atoms with Crippen LogP contribution in [-0.2, 0) is 0 Å². The molecule has 0 atom stereocenters. The van der Waals surface area contributed by atoms with Crippen LogP contribution in [0, 0.1) is 0 Å². The molecule has 0 rings (SSSR count). The van der Waals surface area contributed by atoms with Crippen LogP contribution in [0.5, 0.6) is 0 Å². The molecule has 0 unspecified atom stereocenters. The third-order valence-electron chi connectivity index (χ3n) is 1.01. The second kappa shape index (κ2) is 2.81. The van der Waals surface area contributed by atoms with Crippen molar-refractivity contribution in [2.45, 2.75) is 0 Å². The first-order chi connectivity index (χ1) is 4.39. The summed E-state index contributed by atoms with van der Waals surface area (Å²) in [5, 5.41) is 0. The number of hydrogen-bond donors (Lipinski definition) is 3. The van der Waals surface area contributed by atoms with Crippen molar-refractivity contribution in [1.82, 2.24) is 0 Å². The molecule has 10 heavy (non-hydrogen) atoms. The van der Waals surface area contributed by atoms with Gasteiger partial charge in [-0.05, 0) is 0 Å². The van der Waals surface area contributed by atoms with Crippen LogP contribution in [0.15, 0.2) is 25.3 Å². The average Bonchev–Trinajstić information content (AvgIpc) is 1.61. The second-order valence-corrected chi connectivity index (χ2v) is 5.69. The van der Waals surface area contributed by atoms with Gasteiger partial charge in [0.25, 0.3) is 0 Å². The molecular weight excluding hydrogens is 151 g/mol. The number of rotatable bonds is 4. The summed E-state index contributed by atoms with van der Waals surface area (Å²) >= 11 is 0. The minimum atomic E-state index is -4.40. The SMILES string of the molecule is C=CCP(O)(O)(O)CC=C. The van der Waals surface area contributed by atoms with Crippen LogP contribution in [0.1, 0.15) is 0 Å². The van der Waals surface area contributed by atoms with Crippen LogP contribution in [0.25, 0.3) is 0 Å². The van der Waals surface area contributed by atoms with Gasteiger partial charge < -0.3 is 0 Å². The Morgan fingerprint density at radius 3 is 1.50 bits per heavy atom. The molecule has 0 aromatic carbocycles. The molecule has 0 amide bonds. The van der Waals surface area contributed by atoms with Crippen molar-refractivity contribution in [1.29, 1.82) is 0 Å². The Kier molecular flexibility index (Phi) is 2.75. The number of hydrogen-bond acceptors (Lipinski definition) is 3. The van der Waals surface area contributed by atoms with E-state index < -0.39 is 7.28 Å². The normalized spacial score (nSPS) is 15.3. The fourth-order valence-electron chi connectivity index (χ4n) is 0.604. The van der Waals surface area contributed by atoms with Gasteiger partial charge in [-0.1, -0.05) is 0 Å². The zero-order chi connectivity index (χ0) is 8.28. The summed E-state index contributed by atoms with van der Waals surface area (Å²) < 4.78 is 0. The summed E-state index contributed by atoms with van der Waals surface area (Å²) in [4.78, 5) is 27.2. The van der Waals surface area contributed by atoms with E-state index in [4.69, 9.17) is 14.7 Å². The molecule has 4 heteroatoms. The topological polar surface area (TPSA) is 60.7 Å². The second-order valence-electron chi connectivity index (χ2n) is 2.28. The van der Waals surface area contributed by atoms with Gasteiger partial charge in [0.2, 0.25) is 0 Å². The molecule has 0 aliphatic heterocycles. The molecule has 3 nitrogen and oxygen atoms in total. The first-order valence-corrected chi connectivity index (χ1v) is 5.33. The van der Waals surface area contributed by atoms with E-state index in [-0.39, 0.29) is 12.3 Å². The van der Waals surface area contributed by atoms with Crippen LogP contribution >= 0.6 is 7.28 Å². The quantitative estimate of drug-likeness (QED) is 0.422. The average molecular weight is 164 g/mol. The summed E-state index contributed by atoms with van der Waals surface area (Å²) in [7, 11) is -4.40. The van der Waals surface area contributed by atoms with E-state index in [0.717, 1.165) is 0 Å². The third-order valence-corrected chi connectivity index (χ3v) is 3.02. The van der Waals surface area contributed by atoms with Gasteiger partial charge in [-0.25, -0.2) is 0 Å². The Balaban J connectivity index is 4.23. The standard InChI is InChI=1S/C6H13O3P/c1-3-5-10(7,8,9)6-4-2/h3-4,7-9H,1-2,5-6H2. The first kappa shape index (κ1) is 9.79. The van der Waals surface area contributed by atoms with Crippen molar-refractivity contribution in [2.24, 2.45) is 0 Å². The van der Waals surface area contributed by atoms with E-state index in [9.17, 15) is 0 Å². The molecule has 0 aromatic heterocycles. The zero-order valence-electron chi connectivity index (χ0n) is 5.77. The Morgan fingerprint density at radius 2 is 1.30 bits per heavy atom. The van der Waals surface area contributed by atoms with Crippen LogP contribution in [-0.4, -0.2) is 27.0 Å². The Labute approximate surface area is 60.5 Å². The molecule has 0 saturated carbocycles. The van der Waals surface area contributed by atoms with Crippen molar-refractivity contribution in [3.05, 3.63) is 25.3 Å². The fraction of sp³-hybridized carbons (Fsp3) is 0.333. The van der Waals surface area contributed by atoms with Crippen LogP contribution in [0.3, 0.4) is 0 Å². The van der Waals surface area contributed by atoms with Crippen LogP contribution in [0.2, 0.25) is 0 Å². The van der Waals surface area contributed by atoms with Gasteiger partial charge in [0.05, 0.1) is 0 Å². The fourth-order valence-corrected chi connectivity index (χ4v) is 1.81. The van der Waals surface area contributed by atoms with Crippen LogP contribution in [0.4, 0.5) is 0 Å². The molecule has 60 valence electrons. The first-order valence-electron chi connectivity index (χ1n) is 2.87. The van der Waals surface area contributed by atoms with E-state index in [1.54, 1.807) is 0 Å². The zero-order valence-corrected chi connectivity index (χ0v) is 6.67. The Hall–Kier alpha value is -0.210. The van der Waals surface area contributed by atoms with Gasteiger partial charge >= 0.3 is 59.6 Å². The van der Waals surface area contributed by atoms with Crippen molar-refractivity contribution in [3.8, 4) is 0 Å². The van der Waals surface area contributed by atoms with Crippen molar-refractivity contribution >= 4 is 7.28 Å². The Bertz CT molecular complexity index is 131. The van der Waals surface area contributed by atoms with Crippen molar-refractivity contribution in [3.63, 3.8) is 0 Å². The van der Waals surface area contributed by atoms with E-state index in [2.05, 4.69) is 13.2 Å². The number of allylic oxidation sites excluding steroid dienone is 2. The van der Waals surface area contributed by atoms with Gasteiger partial charge in [0.15, 0.2) is 0 Å². The van der Waals surface area contributed by atoms with Crippen molar-refractivity contribution in [2.75, 3.05) is 12.3 Å². The monoisotopic (exact) mass is 164 g/mol. The summed E-state index contributed by atoms with van der Waals surface area (Å²) in [6, 6.07) is 0. The molecule has 3 N–H and O–H groups in total. The van der Waals surface area contributed by atoms with Gasteiger partial charge in [0.1, 0.15) is 0 Å². The van der Waals surface area contributed by atoms with Gasteiger partial charge in [0, 0.05) is 0 Å². The molecule has 0 aromatic rings. The Morgan fingerprint density at radius 1 is 1.00 bits per heavy atom. The molecule has 0 spiro atoms. The van der Waals surface area contributed by atoms with Gasteiger partial charge in [-0.2, -0.15) is 0 Å². The van der Waals surface area contributed by atoms with Gasteiger partial charge in [-0.15, -0.1) is 0 Å².